The number of carbonyl (C=O) groups excluding carboxylic acids is 1. The predicted molar refractivity (Wildman–Crippen MR) is 133 cm³/mol. The molecule has 1 N–H and O–H groups in total. The molecule has 1 aromatic heterocycles. The maximum Gasteiger partial charge on any atom is 0.244 e. The summed E-state index contributed by atoms with van der Waals surface area (Å²) < 4.78 is 29.1. The molecule has 0 radical (unpaired) electrons. The molecule has 4 aromatic rings. The van der Waals surface area contributed by atoms with Crippen molar-refractivity contribution < 1.29 is 13.2 Å². The smallest absolute Gasteiger partial charge is 0.244 e. The third-order valence-corrected chi connectivity index (χ3v) is 8.18. The Kier molecular flexibility index (Phi) is 5.93. The van der Waals surface area contributed by atoms with E-state index in [1.807, 2.05) is 41.0 Å². The van der Waals surface area contributed by atoms with Crippen molar-refractivity contribution in [2.24, 2.45) is 0 Å². The summed E-state index contributed by atoms with van der Waals surface area (Å²) >= 11 is 0. The highest BCUT2D eigenvalue weighted by atomic mass is 32.2. The van der Waals surface area contributed by atoms with Gasteiger partial charge in [-0.2, -0.15) is 4.31 Å². The average Bonchev–Trinajstić information content (AvgIpc) is 2.87. The molecule has 0 atom stereocenters. The monoisotopic (exact) mass is 475 g/mol. The quantitative estimate of drug-likeness (QED) is 0.443. The number of pyridine rings is 1. The molecule has 0 aliphatic carbocycles. The zero-order valence-electron chi connectivity index (χ0n) is 18.6. The van der Waals surface area contributed by atoms with Crippen LogP contribution in [0.1, 0.15) is 19.3 Å². The van der Waals surface area contributed by atoms with Crippen LogP contribution in [0, 0.1) is 0 Å². The highest BCUT2D eigenvalue weighted by molar-refractivity contribution is 7.89. The molecule has 1 fully saturated rings. The van der Waals surface area contributed by atoms with Crippen molar-refractivity contribution in [1.29, 1.82) is 0 Å². The Morgan fingerprint density at radius 2 is 1.35 bits per heavy atom. The first-order valence-electron chi connectivity index (χ1n) is 11.4. The van der Waals surface area contributed by atoms with Crippen LogP contribution in [-0.4, -0.2) is 36.3 Å². The number of rotatable bonds is 5. The summed E-state index contributed by atoms with van der Waals surface area (Å²) in [6.45, 7) is 1.10. The number of hydrogen-bond acceptors (Lipinski definition) is 4. The first kappa shape index (κ1) is 22.3. The fourth-order valence-electron chi connectivity index (χ4n) is 4.56. The third kappa shape index (κ3) is 4.10. The predicted octanol–water partition coefficient (Wildman–Crippen LogP) is 3.97. The van der Waals surface area contributed by atoms with Gasteiger partial charge in [-0.3, -0.25) is 9.59 Å². The number of para-hydroxylation sites is 2. The van der Waals surface area contributed by atoms with E-state index in [1.54, 1.807) is 24.3 Å². The topological polar surface area (TPSA) is 88.5 Å². The van der Waals surface area contributed by atoms with E-state index >= 15 is 0 Å². The zero-order chi connectivity index (χ0) is 23.7. The van der Waals surface area contributed by atoms with Crippen molar-refractivity contribution in [3.63, 3.8) is 0 Å². The van der Waals surface area contributed by atoms with Crippen LogP contribution in [0.25, 0.3) is 21.8 Å². The molecule has 1 aliphatic heterocycles. The number of aromatic nitrogens is 1. The number of nitrogens with zero attached hydrogens (tertiary/aromatic N) is 2. The van der Waals surface area contributed by atoms with Gasteiger partial charge in [0.1, 0.15) is 6.54 Å². The van der Waals surface area contributed by atoms with E-state index in [2.05, 4.69) is 5.32 Å². The number of amides is 1. The second-order valence-corrected chi connectivity index (χ2v) is 10.4. The molecule has 3 aromatic carbocycles. The summed E-state index contributed by atoms with van der Waals surface area (Å²) in [6, 6.07) is 20.8. The van der Waals surface area contributed by atoms with Gasteiger partial charge >= 0.3 is 0 Å². The lowest BCUT2D eigenvalue weighted by Gasteiger charge is -2.25. The molecular formula is C26H25N3O4S. The molecule has 0 spiro atoms. The van der Waals surface area contributed by atoms with Gasteiger partial charge in [-0.05, 0) is 61.4 Å². The number of carbonyl (C=O) groups is 1. The lowest BCUT2D eigenvalue weighted by atomic mass is 10.1. The molecule has 0 unspecified atom stereocenters. The maximum atomic E-state index is 12.9. The van der Waals surface area contributed by atoms with Gasteiger partial charge in [-0.25, -0.2) is 8.42 Å². The highest BCUT2D eigenvalue weighted by Crippen LogP contribution is 2.23. The molecule has 1 amide bonds. The SMILES string of the molecule is O=C(Cn1c2ccccc2c(=O)c2ccccc21)Nc1ccc(S(=O)(=O)N2CCCCC2)cc1. The first-order valence-corrected chi connectivity index (χ1v) is 12.8. The lowest BCUT2D eigenvalue weighted by molar-refractivity contribution is -0.116. The highest BCUT2D eigenvalue weighted by Gasteiger charge is 2.25. The first-order chi connectivity index (χ1) is 16.4. The number of sulfonamides is 1. The second kappa shape index (κ2) is 9.04. The number of nitrogens with one attached hydrogen (secondary N) is 1. The van der Waals surface area contributed by atoms with Crippen LogP contribution in [0.3, 0.4) is 0 Å². The molecule has 1 saturated heterocycles. The van der Waals surface area contributed by atoms with E-state index < -0.39 is 10.0 Å². The fraction of sp³-hybridized carbons (Fsp3) is 0.231. The van der Waals surface area contributed by atoms with Gasteiger partial charge in [-0.1, -0.05) is 30.7 Å². The summed E-state index contributed by atoms with van der Waals surface area (Å²) in [7, 11) is -3.52. The van der Waals surface area contributed by atoms with Crippen molar-refractivity contribution in [1.82, 2.24) is 8.87 Å². The number of anilines is 1. The molecule has 0 saturated carbocycles. The Balaban J connectivity index is 1.40. The van der Waals surface area contributed by atoms with Crippen molar-refractivity contribution in [2.45, 2.75) is 30.7 Å². The van der Waals surface area contributed by atoms with Crippen LogP contribution in [0.15, 0.2) is 82.5 Å². The number of fused-ring (bicyclic) bond motifs is 2. The van der Waals surface area contributed by atoms with Gasteiger partial charge in [0, 0.05) is 29.5 Å². The van der Waals surface area contributed by atoms with Crippen LogP contribution in [0.2, 0.25) is 0 Å². The molecule has 34 heavy (non-hydrogen) atoms. The Hall–Kier alpha value is -3.49. The van der Waals surface area contributed by atoms with Crippen LogP contribution in [0.4, 0.5) is 5.69 Å². The molecule has 0 bridgehead atoms. The minimum absolute atomic E-state index is 0.00906. The number of piperidine rings is 1. The largest absolute Gasteiger partial charge is 0.331 e. The van der Waals surface area contributed by atoms with Gasteiger partial charge in [0.25, 0.3) is 0 Å². The second-order valence-electron chi connectivity index (χ2n) is 8.49. The molecule has 8 heteroatoms. The standard InChI is InChI=1S/C26H25N3O4S/c30-25(27-19-12-14-20(15-13-19)34(32,33)28-16-6-1-7-17-28)18-29-23-10-4-2-8-21(23)26(31)22-9-3-5-11-24(22)29/h2-5,8-15H,1,6-7,16-18H2,(H,27,30). The lowest BCUT2D eigenvalue weighted by Crippen LogP contribution is -2.35. The Labute approximate surface area is 197 Å². The molecule has 7 nitrogen and oxygen atoms in total. The van der Waals surface area contributed by atoms with E-state index in [0.717, 1.165) is 19.3 Å². The normalized spacial score (nSPS) is 14.9. The summed E-state index contributed by atoms with van der Waals surface area (Å²) in [6.07, 6.45) is 2.81. The zero-order valence-corrected chi connectivity index (χ0v) is 19.4. The van der Waals surface area contributed by atoms with E-state index in [1.165, 1.54) is 16.4 Å². The molecule has 1 aliphatic rings. The van der Waals surface area contributed by atoms with Gasteiger partial charge in [0.15, 0.2) is 5.43 Å². The van der Waals surface area contributed by atoms with E-state index in [9.17, 15) is 18.0 Å². The summed E-state index contributed by atoms with van der Waals surface area (Å²) in [5.41, 5.74) is 1.82. The van der Waals surface area contributed by atoms with E-state index in [-0.39, 0.29) is 22.8 Å². The molecular weight excluding hydrogens is 450 g/mol. The van der Waals surface area contributed by atoms with Gasteiger partial charge in [-0.15, -0.1) is 0 Å². The van der Waals surface area contributed by atoms with Crippen LogP contribution in [-0.2, 0) is 21.4 Å². The number of hydrogen-bond donors (Lipinski definition) is 1. The van der Waals surface area contributed by atoms with Gasteiger partial charge < -0.3 is 9.88 Å². The fourth-order valence-corrected chi connectivity index (χ4v) is 6.07. The average molecular weight is 476 g/mol. The minimum atomic E-state index is -3.52. The maximum absolute atomic E-state index is 12.9. The van der Waals surface area contributed by atoms with Crippen molar-refractivity contribution >= 4 is 43.4 Å². The van der Waals surface area contributed by atoms with Crippen LogP contribution >= 0.6 is 0 Å². The van der Waals surface area contributed by atoms with Crippen molar-refractivity contribution in [3.8, 4) is 0 Å². The molecule has 5 rings (SSSR count). The van der Waals surface area contributed by atoms with Crippen LogP contribution in [0.5, 0.6) is 0 Å². The van der Waals surface area contributed by atoms with Crippen molar-refractivity contribution in [3.05, 3.63) is 83.0 Å². The summed E-state index contributed by atoms with van der Waals surface area (Å²) in [4.78, 5) is 26.1. The van der Waals surface area contributed by atoms with Crippen molar-refractivity contribution in [2.75, 3.05) is 18.4 Å². The minimum Gasteiger partial charge on any atom is -0.331 e. The van der Waals surface area contributed by atoms with E-state index in [0.29, 0.717) is 40.6 Å². The summed E-state index contributed by atoms with van der Waals surface area (Å²) in [5.74, 6) is -0.273. The Morgan fingerprint density at radius 3 is 1.94 bits per heavy atom. The van der Waals surface area contributed by atoms with Crippen LogP contribution < -0.4 is 10.7 Å². The van der Waals surface area contributed by atoms with Gasteiger partial charge in [0.2, 0.25) is 15.9 Å². The van der Waals surface area contributed by atoms with Gasteiger partial charge in [0.05, 0.1) is 15.9 Å². The Bertz CT molecular complexity index is 1480. The van der Waals surface area contributed by atoms with E-state index in [4.69, 9.17) is 0 Å². The Morgan fingerprint density at radius 1 is 0.794 bits per heavy atom. The molecule has 2 heterocycles. The summed E-state index contributed by atoms with van der Waals surface area (Å²) in [5, 5.41) is 3.96. The number of benzene rings is 3. The molecule has 174 valence electrons. The third-order valence-electron chi connectivity index (χ3n) is 6.27.